The molecule has 3 aromatic carbocycles. The Hall–Kier alpha value is -4.10. The molecule has 0 radical (unpaired) electrons. The van der Waals surface area contributed by atoms with Crippen LogP contribution < -0.4 is 19.7 Å². The van der Waals surface area contributed by atoms with Crippen molar-refractivity contribution < 1.29 is 23.9 Å². The molecular formula is C36H35ClN2O5. The maximum atomic E-state index is 13.6. The minimum atomic E-state index is -0.768. The van der Waals surface area contributed by atoms with Crippen molar-refractivity contribution >= 4 is 41.2 Å². The van der Waals surface area contributed by atoms with Crippen LogP contribution in [0.4, 0.5) is 10.5 Å². The summed E-state index contributed by atoms with van der Waals surface area (Å²) in [6.45, 7) is 2.30. The number of barbiturate groups is 1. The van der Waals surface area contributed by atoms with Crippen LogP contribution in [0.15, 0.2) is 66.2 Å². The third-order valence-corrected chi connectivity index (χ3v) is 10.2. The minimum Gasteiger partial charge on any atom is -0.493 e. The fourth-order valence-electron chi connectivity index (χ4n) is 8.41. The van der Waals surface area contributed by atoms with Crippen LogP contribution in [0.2, 0.25) is 5.02 Å². The highest BCUT2D eigenvalue weighted by Gasteiger charge is 2.51. The molecule has 5 fully saturated rings. The Labute approximate surface area is 262 Å². The lowest BCUT2D eigenvalue weighted by atomic mass is 9.48. The van der Waals surface area contributed by atoms with Crippen LogP contribution in [0.25, 0.3) is 6.08 Å². The highest BCUT2D eigenvalue weighted by atomic mass is 35.5. The van der Waals surface area contributed by atoms with Gasteiger partial charge in [0.2, 0.25) is 0 Å². The molecule has 44 heavy (non-hydrogen) atoms. The number of aryl methyl sites for hydroxylation is 1. The number of methoxy groups -OCH3 is 1. The van der Waals surface area contributed by atoms with Crippen molar-refractivity contribution in [1.82, 2.24) is 5.32 Å². The van der Waals surface area contributed by atoms with Crippen LogP contribution in [0.1, 0.15) is 60.8 Å². The van der Waals surface area contributed by atoms with E-state index < -0.39 is 17.8 Å². The first-order chi connectivity index (χ1) is 21.2. The van der Waals surface area contributed by atoms with Gasteiger partial charge in [-0.2, -0.15) is 0 Å². The van der Waals surface area contributed by atoms with Gasteiger partial charge in [-0.15, -0.1) is 0 Å². The number of benzene rings is 3. The van der Waals surface area contributed by atoms with E-state index in [1.807, 2.05) is 43.3 Å². The molecule has 1 heterocycles. The maximum absolute atomic E-state index is 13.6. The average Bonchev–Trinajstić information content (AvgIpc) is 2.98. The first kappa shape index (κ1) is 28.7. The van der Waals surface area contributed by atoms with Crippen LogP contribution in [-0.2, 0) is 21.6 Å². The average molecular weight is 611 g/mol. The van der Waals surface area contributed by atoms with Gasteiger partial charge in [0.25, 0.3) is 11.8 Å². The molecule has 0 atom stereocenters. The van der Waals surface area contributed by atoms with Crippen molar-refractivity contribution in [3.63, 3.8) is 0 Å². The molecule has 4 bridgehead atoms. The number of anilines is 1. The molecule has 8 heteroatoms. The molecule has 7 nitrogen and oxygen atoms in total. The number of carbonyl (C=O) groups is 3. The first-order valence-electron chi connectivity index (χ1n) is 15.3. The molecule has 4 amide bonds. The molecule has 3 aromatic rings. The molecule has 4 saturated carbocycles. The minimum absolute atomic E-state index is 0.179. The van der Waals surface area contributed by atoms with E-state index in [2.05, 4.69) is 17.4 Å². The molecular weight excluding hydrogens is 576 g/mol. The van der Waals surface area contributed by atoms with E-state index in [0.29, 0.717) is 22.7 Å². The van der Waals surface area contributed by atoms with Crippen molar-refractivity contribution in [1.29, 1.82) is 0 Å². The van der Waals surface area contributed by atoms with Gasteiger partial charge in [0.05, 0.1) is 17.8 Å². The molecule has 0 unspecified atom stereocenters. The zero-order chi connectivity index (χ0) is 30.6. The fourth-order valence-corrected chi connectivity index (χ4v) is 8.68. The summed E-state index contributed by atoms with van der Waals surface area (Å²) in [6.07, 6.45) is 9.19. The quantitative estimate of drug-likeness (QED) is 0.223. The first-order valence-corrected chi connectivity index (χ1v) is 15.7. The third-order valence-electron chi connectivity index (χ3n) is 9.91. The number of halogens is 1. The number of ether oxygens (including phenoxy) is 2. The predicted octanol–water partition coefficient (Wildman–Crippen LogP) is 7.37. The molecule has 1 aliphatic heterocycles. The summed E-state index contributed by atoms with van der Waals surface area (Å²) in [7, 11) is 1.49. The Morgan fingerprint density at radius 1 is 0.955 bits per heavy atom. The summed E-state index contributed by atoms with van der Waals surface area (Å²) in [6, 6.07) is 18.2. The number of nitrogens with one attached hydrogen (secondary N) is 1. The van der Waals surface area contributed by atoms with Crippen molar-refractivity contribution in [2.45, 2.75) is 57.5 Å². The maximum Gasteiger partial charge on any atom is 0.335 e. The van der Waals surface area contributed by atoms with Gasteiger partial charge in [-0.3, -0.25) is 14.9 Å². The van der Waals surface area contributed by atoms with Gasteiger partial charge in [0, 0.05) is 0 Å². The molecule has 226 valence electrons. The third kappa shape index (κ3) is 5.17. The Morgan fingerprint density at radius 3 is 2.27 bits per heavy atom. The monoisotopic (exact) mass is 610 g/mol. The number of hydrogen-bond acceptors (Lipinski definition) is 5. The van der Waals surface area contributed by atoms with Gasteiger partial charge in [0.15, 0.2) is 11.5 Å². The predicted molar refractivity (Wildman–Crippen MR) is 169 cm³/mol. The highest BCUT2D eigenvalue weighted by molar-refractivity contribution is 6.39. The summed E-state index contributed by atoms with van der Waals surface area (Å²) in [5.74, 6) is 1.69. The van der Waals surface area contributed by atoms with Crippen molar-refractivity contribution in [2.75, 3.05) is 12.0 Å². The van der Waals surface area contributed by atoms with E-state index >= 15 is 0 Å². The van der Waals surface area contributed by atoms with Gasteiger partial charge < -0.3 is 9.47 Å². The SMILES string of the molecule is COc1cc(/C=C2\C(=O)NC(=O)N(c3ccc(C45CC6CC(CC(C6)C4)C5)cc3)C2=O)cc(Cl)c1OCc1cccc(C)c1. The standard InChI is InChI=1S/C36H35ClN2O5/c1-21-4-3-5-22(10-21)20-44-32-30(37)15-23(16-31(32)43-2)14-29-33(40)38-35(42)39(34(29)41)28-8-6-27(7-9-28)36-17-24-11-25(18-36)13-26(12-24)19-36/h3-10,14-16,24-26H,11-13,17-20H2,1-2H3,(H,38,40,42)/b29-14+. The van der Waals surface area contributed by atoms with E-state index in [1.54, 1.807) is 12.1 Å². The molecule has 0 spiro atoms. The van der Waals surface area contributed by atoms with Crippen LogP contribution in [0.5, 0.6) is 11.5 Å². The lowest BCUT2D eigenvalue weighted by Gasteiger charge is -2.57. The van der Waals surface area contributed by atoms with Gasteiger partial charge in [-0.05, 0) is 116 Å². The smallest absolute Gasteiger partial charge is 0.335 e. The van der Waals surface area contributed by atoms with Crippen molar-refractivity contribution in [3.05, 3.63) is 93.5 Å². The number of rotatable bonds is 7. The zero-order valence-corrected chi connectivity index (χ0v) is 25.7. The molecule has 1 N–H and O–H groups in total. The van der Waals surface area contributed by atoms with Crippen LogP contribution >= 0.6 is 11.6 Å². The largest absolute Gasteiger partial charge is 0.493 e. The second-order valence-electron chi connectivity index (χ2n) is 13.0. The highest BCUT2D eigenvalue weighted by Crippen LogP contribution is 2.60. The van der Waals surface area contributed by atoms with E-state index in [1.165, 1.54) is 57.3 Å². The lowest BCUT2D eigenvalue weighted by molar-refractivity contribution is -0.122. The number of urea groups is 1. The Balaban J connectivity index is 1.13. The van der Waals surface area contributed by atoms with Crippen LogP contribution in [0, 0.1) is 24.7 Å². The molecule has 4 aliphatic carbocycles. The molecule has 8 rings (SSSR count). The number of imide groups is 2. The number of amides is 4. The summed E-state index contributed by atoms with van der Waals surface area (Å²) in [4.78, 5) is 40.4. The lowest BCUT2D eigenvalue weighted by Crippen LogP contribution is -2.54. The Kier molecular flexibility index (Phi) is 7.24. The summed E-state index contributed by atoms with van der Waals surface area (Å²) in [5, 5.41) is 2.58. The molecule has 1 saturated heterocycles. The Bertz CT molecular complexity index is 1660. The number of nitrogens with zero attached hydrogens (tertiary/aromatic N) is 1. The fraction of sp³-hybridized carbons (Fsp3) is 0.361. The van der Waals surface area contributed by atoms with Crippen LogP contribution in [-0.4, -0.2) is 25.0 Å². The summed E-state index contributed by atoms with van der Waals surface area (Å²) >= 11 is 6.59. The van der Waals surface area contributed by atoms with E-state index in [-0.39, 0.29) is 22.6 Å². The van der Waals surface area contributed by atoms with E-state index in [4.69, 9.17) is 21.1 Å². The normalized spacial score (nSPS) is 26.7. The van der Waals surface area contributed by atoms with Gasteiger partial charge in [-0.1, -0.05) is 53.6 Å². The van der Waals surface area contributed by atoms with Gasteiger partial charge >= 0.3 is 6.03 Å². The van der Waals surface area contributed by atoms with Crippen molar-refractivity contribution in [2.24, 2.45) is 17.8 Å². The number of carbonyl (C=O) groups excluding carboxylic acids is 3. The molecule has 0 aromatic heterocycles. The molecule has 5 aliphatic rings. The zero-order valence-electron chi connectivity index (χ0n) is 24.9. The van der Waals surface area contributed by atoms with Crippen LogP contribution in [0.3, 0.4) is 0 Å². The topological polar surface area (TPSA) is 84.9 Å². The summed E-state index contributed by atoms with van der Waals surface area (Å²) < 4.78 is 11.5. The van der Waals surface area contributed by atoms with E-state index in [0.717, 1.165) is 33.8 Å². The second-order valence-corrected chi connectivity index (χ2v) is 13.4. The second kappa shape index (κ2) is 11.1. The van der Waals surface area contributed by atoms with Crippen molar-refractivity contribution in [3.8, 4) is 11.5 Å². The van der Waals surface area contributed by atoms with Gasteiger partial charge in [-0.25, -0.2) is 9.69 Å². The van der Waals surface area contributed by atoms with Gasteiger partial charge in [0.1, 0.15) is 12.2 Å². The number of hydrogen-bond donors (Lipinski definition) is 1. The van der Waals surface area contributed by atoms with E-state index in [9.17, 15) is 14.4 Å². The Morgan fingerprint density at radius 2 is 1.64 bits per heavy atom. The summed E-state index contributed by atoms with van der Waals surface area (Å²) in [5.41, 5.74) is 4.30.